The van der Waals surface area contributed by atoms with Crippen LogP contribution in [0.1, 0.15) is 29.6 Å². The van der Waals surface area contributed by atoms with Gasteiger partial charge in [-0.2, -0.15) is 0 Å². The van der Waals surface area contributed by atoms with Gasteiger partial charge in [0.1, 0.15) is 5.75 Å². The molecule has 88 valence electrons. The van der Waals surface area contributed by atoms with Gasteiger partial charge in [-0.05, 0) is 55.1 Å². The largest absolute Gasteiger partial charge is 0.494 e. The molecule has 16 heavy (non-hydrogen) atoms. The zero-order valence-corrected chi connectivity index (χ0v) is 10.4. The van der Waals surface area contributed by atoms with Crippen LogP contribution >= 0.6 is 23.2 Å². The topological polar surface area (TPSA) is 26.3 Å². The molecule has 0 amide bonds. The summed E-state index contributed by atoms with van der Waals surface area (Å²) in [4.78, 5) is 10.8. The maximum absolute atomic E-state index is 10.8. The SMILES string of the molecule is O=C(Cl)c1ccc(OCCCCCCl)cc1. The fraction of sp³-hybridized carbons (Fsp3) is 0.417. The second-order valence-corrected chi connectivity index (χ2v) is 4.12. The van der Waals surface area contributed by atoms with Crippen LogP contribution < -0.4 is 4.74 Å². The predicted octanol–water partition coefficient (Wildman–Crippen LogP) is 3.85. The highest BCUT2D eigenvalue weighted by atomic mass is 35.5. The molecule has 1 rings (SSSR count). The summed E-state index contributed by atoms with van der Waals surface area (Å²) in [5.41, 5.74) is 0.483. The average molecular weight is 261 g/mol. The highest BCUT2D eigenvalue weighted by Crippen LogP contribution is 2.14. The summed E-state index contributed by atoms with van der Waals surface area (Å²) in [5, 5.41) is -0.450. The molecule has 2 nitrogen and oxygen atoms in total. The van der Waals surface area contributed by atoms with Crippen LogP contribution in [0.2, 0.25) is 0 Å². The van der Waals surface area contributed by atoms with Crippen molar-refractivity contribution < 1.29 is 9.53 Å². The Kier molecular flexibility index (Phi) is 6.27. The van der Waals surface area contributed by atoms with Gasteiger partial charge in [-0.15, -0.1) is 11.6 Å². The van der Waals surface area contributed by atoms with E-state index in [0.29, 0.717) is 18.1 Å². The summed E-state index contributed by atoms with van der Waals surface area (Å²) in [6, 6.07) is 6.81. The maximum atomic E-state index is 10.8. The monoisotopic (exact) mass is 260 g/mol. The molecule has 0 radical (unpaired) electrons. The number of carbonyl (C=O) groups excluding carboxylic acids is 1. The summed E-state index contributed by atoms with van der Waals surface area (Å²) < 4.78 is 5.49. The number of carbonyl (C=O) groups is 1. The third kappa shape index (κ3) is 4.86. The molecular weight excluding hydrogens is 247 g/mol. The lowest BCUT2D eigenvalue weighted by atomic mass is 10.2. The van der Waals surface area contributed by atoms with E-state index in [1.54, 1.807) is 24.3 Å². The van der Waals surface area contributed by atoms with Crippen molar-refractivity contribution in [2.24, 2.45) is 0 Å². The third-order valence-electron chi connectivity index (χ3n) is 2.13. The number of alkyl halides is 1. The standard InChI is InChI=1S/C12H14Cl2O2/c13-8-2-1-3-9-16-11-6-4-10(5-7-11)12(14)15/h4-7H,1-3,8-9H2. The van der Waals surface area contributed by atoms with Crippen molar-refractivity contribution in [3.05, 3.63) is 29.8 Å². The van der Waals surface area contributed by atoms with Gasteiger partial charge in [-0.25, -0.2) is 0 Å². The van der Waals surface area contributed by atoms with E-state index in [1.807, 2.05) is 0 Å². The van der Waals surface area contributed by atoms with E-state index < -0.39 is 5.24 Å². The molecule has 0 heterocycles. The van der Waals surface area contributed by atoms with Crippen molar-refractivity contribution in [1.82, 2.24) is 0 Å². The average Bonchev–Trinajstić information content (AvgIpc) is 2.29. The van der Waals surface area contributed by atoms with Crippen molar-refractivity contribution in [3.63, 3.8) is 0 Å². The summed E-state index contributed by atoms with van der Waals surface area (Å²) >= 11 is 10.9. The molecule has 4 heteroatoms. The van der Waals surface area contributed by atoms with Crippen LogP contribution in [-0.4, -0.2) is 17.7 Å². The minimum Gasteiger partial charge on any atom is -0.494 e. The van der Waals surface area contributed by atoms with Crippen LogP contribution in [-0.2, 0) is 0 Å². The summed E-state index contributed by atoms with van der Waals surface area (Å²) in [6.45, 7) is 0.672. The Balaban J connectivity index is 2.29. The first-order valence-corrected chi connectivity index (χ1v) is 6.14. The van der Waals surface area contributed by atoms with E-state index in [2.05, 4.69) is 0 Å². The number of rotatable bonds is 7. The number of halogens is 2. The normalized spacial score (nSPS) is 10.1. The van der Waals surface area contributed by atoms with Crippen LogP contribution in [0, 0.1) is 0 Å². The van der Waals surface area contributed by atoms with Crippen molar-refractivity contribution in [3.8, 4) is 5.75 Å². The van der Waals surface area contributed by atoms with Gasteiger partial charge in [-0.3, -0.25) is 4.79 Å². The Morgan fingerprint density at radius 2 is 1.81 bits per heavy atom. The Labute approximate surface area is 106 Å². The van der Waals surface area contributed by atoms with Crippen LogP contribution in [0.15, 0.2) is 24.3 Å². The van der Waals surface area contributed by atoms with E-state index >= 15 is 0 Å². The number of ether oxygens (including phenoxy) is 1. The minimum absolute atomic E-state index is 0.450. The van der Waals surface area contributed by atoms with Crippen molar-refractivity contribution in [2.75, 3.05) is 12.5 Å². The van der Waals surface area contributed by atoms with Gasteiger partial charge in [0.15, 0.2) is 0 Å². The Morgan fingerprint density at radius 3 is 2.38 bits per heavy atom. The van der Waals surface area contributed by atoms with Gasteiger partial charge in [-0.1, -0.05) is 0 Å². The zero-order valence-electron chi connectivity index (χ0n) is 8.92. The van der Waals surface area contributed by atoms with Gasteiger partial charge in [0.25, 0.3) is 5.24 Å². The molecule has 0 aliphatic rings. The van der Waals surface area contributed by atoms with E-state index in [1.165, 1.54) is 0 Å². The molecule has 0 N–H and O–H groups in total. The highest BCUT2D eigenvalue weighted by molar-refractivity contribution is 6.67. The van der Waals surface area contributed by atoms with E-state index in [-0.39, 0.29) is 0 Å². The molecule has 0 aromatic heterocycles. The van der Waals surface area contributed by atoms with Gasteiger partial charge < -0.3 is 4.74 Å². The number of benzene rings is 1. The minimum atomic E-state index is -0.450. The van der Waals surface area contributed by atoms with Gasteiger partial charge >= 0.3 is 0 Å². The fourth-order valence-electron chi connectivity index (χ4n) is 1.25. The van der Waals surface area contributed by atoms with Gasteiger partial charge in [0, 0.05) is 11.4 Å². The Morgan fingerprint density at radius 1 is 1.12 bits per heavy atom. The maximum Gasteiger partial charge on any atom is 0.252 e. The second-order valence-electron chi connectivity index (χ2n) is 3.40. The molecule has 0 saturated heterocycles. The molecule has 0 bridgehead atoms. The molecule has 0 aliphatic heterocycles. The van der Waals surface area contributed by atoms with E-state index in [0.717, 1.165) is 25.0 Å². The number of hydrogen-bond donors (Lipinski definition) is 0. The smallest absolute Gasteiger partial charge is 0.252 e. The first-order chi connectivity index (χ1) is 7.74. The van der Waals surface area contributed by atoms with Crippen molar-refractivity contribution in [1.29, 1.82) is 0 Å². The van der Waals surface area contributed by atoms with E-state index in [9.17, 15) is 4.79 Å². The Bertz CT molecular complexity index is 322. The molecule has 0 fully saturated rings. The van der Waals surface area contributed by atoms with E-state index in [4.69, 9.17) is 27.9 Å². The second kappa shape index (κ2) is 7.53. The van der Waals surface area contributed by atoms with Gasteiger partial charge in [0.05, 0.1) is 6.61 Å². The predicted molar refractivity (Wildman–Crippen MR) is 66.7 cm³/mol. The molecule has 1 aromatic carbocycles. The summed E-state index contributed by atoms with van der Waals surface area (Å²) in [6.07, 6.45) is 3.08. The molecule has 1 aromatic rings. The van der Waals surface area contributed by atoms with Crippen molar-refractivity contribution in [2.45, 2.75) is 19.3 Å². The molecule has 0 unspecified atom stereocenters. The lowest BCUT2D eigenvalue weighted by Gasteiger charge is -2.05. The quantitative estimate of drug-likeness (QED) is 0.423. The number of hydrogen-bond acceptors (Lipinski definition) is 2. The van der Waals surface area contributed by atoms with Crippen molar-refractivity contribution >= 4 is 28.4 Å². The van der Waals surface area contributed by atoms with Crippen LogP contribution in [0.25, 0.3) is 0 Å². The fourth-order valence-corrected chi connectivity index (χ4v) is 1.56. The first kappa shape index (κ1) is 13.3. The zero-order chi connectivity index (χ0) is 11.8. The molecular formula is C12H14Cl2O2. The molecule has 0 spiro atoms. The first-order valence-electron chi connectivity index (χ1n) is 5.22. The van der Waals surface area contributed by atoms with Crippen LogP contribution in [0.4, 0.5) is 0 Å². The summed E-state index contributed by atoms with van der Waals surface area (Å²) in [5.74, 6) is 1.46. The Hall–Kier alpha value is -0.730. The number of unbranched alkanes of at least 4 members (excludes halogenated alkanes) is 2. The molecule has 0 aliphatic carbocycles. The lowest BCUT2D eigenvalue weighted by molar-refractivity contribution is 0.108. The van der Waals surface area contributed by atoms with Crippen LogP contribution in [0.3, 0.4) is 0 Å². The third-order valence-corrected chi connectivity index (χ3v) is 2.61. The lowest BCUT2D eigenvalue weighted by Crippen LogP contribution is -1.98. The highest BCUT2D eigenvalue weighted by Gasteiger charge is 2.01. The van der Waals surface area contributed by atoms with Gasteiger partial charge in [0.2, 0.25) is 0 Å². The summed E-state index contributed by atoms with van der Waals surface area (Å²) in [7, 11) is 0. The molecule has 0 atom stereocenters. The molecule has 0 saturated carbocycles. The van der Waals surface area contributed by atoms with Crippen LogP contribution in [0.5, 0.6) is 5.75 Å².